The highest BCUT2D eigenvalue weighted by atomic mass is 19.1. The van der Waals surface area contributed by atoms with Crippen LogP contribution in [0, 0.1) is 24.6 Å². The van der Waals surface area contributed by atoms with E-state index in [-0.39, 0.29) is 24.2 Å². The Bertz CT molecular complexity index is 446. The maximum atomic E-state index is 13.4. The van der Waals surface area contributed by atoms with Gasteiger partial charge in [-0.05, 0) is 49.3 Å². The molecule has 0 fully saturated rings. The first-order valence-corrected chi connectivity index (χ1v) is 7.09. The fourth-order valence-electron chi connectivity index (χ4n) is 2.23. The molecule has 1 unspecified atom stereocenters. The molecular formula is C16H24FNO2. The zero-order valence-electron chi connectivity index (χ0n) is 12.4. The predicted molar refractivity (Wildman–Crippen MR) is 78.1 cm³/mol. The lowest BCUT2D eigenvalue weighted by Crippen LogP contribution is -2.30. The molecule has 0 bridgehead atoms. The van der Waals surface area contributed by atoms with Crippen LogP contribution in [-0.4, -0.2) is 24.2 Å². The Kier molecular flexibility index (Phi) is 6.65. The van der Waals surface area contributed by atoms with E-state index < -0.39 is 0 Å². The van der Waals surface area contributed by atoms with Crippen molar-refractivity contribution in [2.75, 3.05) is 13.2 Å². The number of amides is 1. The van der Waals surface area contributed by atoms with Gasteiger partial charge in [0.1, 0.15) is 5.82 Å². The van der Waals surface area contributed by atoms with E-state index >= 15 is 0 Å². The monoisotopic (exact) mass is 281 g/mol. The zero-order valence-corrected chi connectivity index (χ0v) is 12.4. The minimum Gasteiger partial charge on any atom is -0.396 e. The van der Waals surface area contributed by atoms with Crippen LogP contribution in [0.1, 0.15) is 42.6 Å². The molecule has 1 aromatic rings. The smallest absolute Gasteiger partial charge is 0.251 e. The summed E-state index contributed by atoms with van der Waals surface area (Å²) in [7, 11) is 0. The highest BCUT2D eigenvalue weighted by molar-refractivity contribution is 5.94. The molecule has 1 atom stereocenters. The van der Waals surface area contributed by atoms with Crippen molar-refractivity contribution in [1.29, 1.82) is 0 Å². The molecule has 0 aliphatic rings. The second-order valence-corrected chi connectivity index (χ2v) is 5.68. The van der Waals surface area contributed by atoms with Crippen molar-refractivity contribution in [2.24, 2.45) is 11.8 Å². The van der Waals surface area contributed by atoms with Gasteiger partial charge in [0.2, 0.25) is 0 Å². The Hall–Kier alpha value is -1.42. The summed E-state index contributed by atoms with van der Waals surface area (Å²) in [5.74, 6) is 0.127. The van der Waals surface area contributed by atoms with Crippen LogP contribution in [0.25, 0.3) is 0 Å². The first-order chi connectivity index (χ1) is 9.43. The molecule has 0 radical (unpaired) electrons. The van der Waals surface area contributed by atoms with Gasteiger partial charge in [0, 0.05) is 18.7 Å². The Labute approximate surface area is 120 Å². The van der Waals surface area contributed by atoms with E-state index in [0.717, 1.165) is 6.42 Å². The molecule has 4 heteroatoms. The second-order valence-electron chi connectivity index (χ2n) is 5.68. The van der Waals surface area contributed by atoms with Gasteiger partial charge in [0.15, 0.2) is 0 Å². The van der Waals surface area contributed by atoms with E-state index in [1.165, 1.54) is 6.07 Å². The molecule has 20 heavy (non-hydrogen) atoms. The molecule has 1 aromatic carbocycles. The lowest BCUT2D eigenvalue weighted by molar-refractivity contribution is 0.0941. The Morgan fingerprint density at radius 3 is 2.65 bits per heavy atom. The van der Waals surface area contributed by atoms with Gasteiger partial charge in [0.25, 0.3) is 5.91 Å². The standard InChI is InChI=1S/C16H24FNO2/c1-11(2)8-13(6-7-19)10-18-16(20)14-5-4-12(3)15(17)9-14/h4-5,9,11,13,19H,6-8,10H2,1-3H3,(H,18,20). The summed E-state index contributed by atoms with van der Waals surface area (Å²) in [5, 5.41) is 11.9. The molecular weight excluding hydrogens is 257 g/mol. The van der Waals surface area contributed by atoms with Crippen LogP contribution >= 0.6 is 0 Å². The summed E-state index contributed by atoms with van der Waals surface area (Å²) >= 11 is 0. The second kappa shape index (κ2) is 8.00. The number of hydrogen-bond acceptors (Lipinski definition) is 2. The fourth-order valence-corrected chi connectivity index (χ4v) is 2.23. The van der Waals surface area contributed by atoms with Crippen LogP contribution in [0.2, 0.25) is 0 Å². The summed E-state index contributed by atoms with van der Waals surface area (Å²) in [5.41, 5.74) is 0.861. The molecule has 2 N–H and O–H groups in total. The van der Waals surface area contributed by atoms with Gasteiger partial charge in [-0.25, -0.2) is 4.39 Å². The summed E-state index contributed by atoms with van der Waals surface area (Å²) in [6.07, 6.45) is 1.61. The fraction of sp³-hybridized carbons (Fsp3) is 0.562. The average molecular weight is 281 g/mol. The van der Waals surface area contributed by atoms with Crippen LogP contribution in [0.5, 0.6) is 0 Å². The number of aliphatic hydroxyl groups is 1. The number of benzene rings is 1. The SMILES string of the molecule is Cc1ccc(C(=O)NCC(CCO)CC(C)C)cc1F. The first-order valence-electron chi connectivity index (χ1n) is 7.09. The molecule has 3 nitrogen and oxygen atoms in total. The number of carbonyl (C=O) groups is 1. The third-order valence-electron chi connectivity index (χ3n) is 3.33. The summed E-state index contributed by atoms with van der Waals surface area (Å²) < 4.78 is 13.4. The molecule has 0 aliphatic carbocycles. The van der Waals surface area contributed by atoms with E-state index in [0.29, 0.717) is 30.0 Å². The van der Waals surface area contributed by atoms with Crippen molar-refractivity contribution in [2.45, 2.75) is 33.6 Å². The number of aryl methyl sites for hydroxylation is 1. The molecule has 0 aromatic heterocycles. The molecule has 0 aliphatic heterocycles. The normalized spacial score (nSPS) is 12.5. The predicted octanol–water partition coefficient (Wildman–Crippen LogP) is 2.91. The highest BCUT2D eigenvalue weighted by Gasteiger charge is 2.13. The summed E-state index contributed by atoms with van der Waals surface area (Å²) in [4.78, 5) is 12.0. The van der Waals surface area contributed by atoms with E-state index in [1.807, 2.05) is 0 Å². The van der Waals surface area contributed by atoms with E-state index in [2.05, 4.69) is 19.2 Å². The molecule has 0 spiro atoms. The zero-order chi connectivity index (χ0) is 15.1. The van der Waals surface area contributed by atoms with Gasteiger partial charge in [-0.1, -0.05) is 19.9 Å². The van der Waals surface area contributed by atoms with Crippen molar-refractivity contribution in [1.82, 2.24) is 5.32 Å². The van der Waals surface area contributed by atoms with Crippen LogP contribution in [0.15, 0.2) is 18.2 Å². The average Bonchev–Trinajstić information content (AvgIpc) is 2.38. The Morgan fingerprint density at radius 2 is 2.10 bits per heavy atom. The Morgan fingerprint density at radius 1 is 1.40 bits per heavy atom. The maximum Gasteiger partial charge on any atom is 0.251 e. The lowest BCUT2D eigenvalue weighted by atomic mass is 9.94. The number of halogens is 1. The number of rotatable bonds is 7. The number of aliphatic hydroxyl groups excluding tert-OH is 1. The Balaban J connectivity index is 2.58. The quantitative estimate of drug-likeness (QED) is 0.807. The van der Waals surface area contributed by atoms with Crippen molar-refractivity contribution in [3.8, 4) is 0 Å². The molecule has 0 saturated heterocycles. The molecule has 0 heterocycles. The summed E-state index contributed by atoms with van der Waals surface area (Å²) in [6.45, 7) is 6.51. The molecule has 1 amide bonds. The van der Waals surface area contributed by atoms with Gasteiger partial charge in [-0.15, -0.1) is 0 Å². The number of carbonyl (C=O) groups excluding carboxylic acids is 1. The minimum atomic E-state index is -0.369. The van der Waals surface area contributed by atoms with Gasteiger partial charge >= 0.3 is 0 Å². The largest absolute Gasteiger partial charge is 0.396 e. The number of hydrogen-bond donors (Lipinski definition) is 2. The van der Waals surface area contributed by atoms with E-state index in [1.54, 1.807) is 19.1 Å². The van der Waals surface area contributed by atoms with Gasteiger partial charge in [0.05, 0.1) is 0 Å². The topological polar surface area (TPSA) is 49.3 Å². The molecule has 1 rings (SSSR count). The van der Waals surface area contributed by atoms with Crippen molar-refractivity contribution in [3.63, 3.8) is 0 Å². The first kappa shape index (κ1) is 16.6. The van der Waals surface area contributed by atoms with Crippen LogP contribution in [0.4, 0.5) is 4.39 Å². The van der Waals surface area contributed by atoms with Crippen LogP contribution < -0.4 is 5.32 Å². The van der Waals surface area contributed by atoms with Crippen molar-refractivity contribution >= 4 is 5.91 Å². The summed E-state index contributed by atoms with van der Waals surface area (Å²) in [6, 6.07) is 4.48. The highest BCUT2D eigenvalue weighted by Crippen LogP contribution is 2.15. The number of nitrogens with one attached hydrogen (secondary N) is 1. The minimum absolute atomic E-state index is 0.117. The van der Waals surface area contributed by atoms with Gasteiger partial charge in [-0.3, -0.25) is 4.79 Å². The van der Waals surface area contributed by atoms with Crippen molar-refractivity contribution < 1.29 is 14.3 Å². The third kappa shape index (κ3) is 5.29. The van der Waals surface area contributed by atoms with Crippen LogP contribution in [-0.2, 0) is 0 Å². The maximum absolute atomic E-state index is 13.4. The third-order valence-corrected chi connectivity index (χ3v) is 3.33. The molecule has 112 valence electrons. The lowest BCUT2D eigenvalue weighted by Gasteiger charge is -2.18. The van der Waals surface area contributed by atoms with Crippen LogP contribution in [0.3, 0.4) is 0 Å². The van der Waals surface area contributed by atoms with E-state index in [4.69, 9.17) is 5.11 Å². The van der Waals surface area contributed by atoms with E-state index in [9.17, 15) is 9.18 Å². The van der Waals surface area contributed by atoms with Gasteiger partial charge in [-0.2, -0.15) is 0 Å². The van der Waals surface area contributed by atoms with Crippen molar-refractivity contribution in [3.05, 3.63) is 35.1 Å². The molecule has 0 saturated carbocycles. The van der Waals surface area contributed by atoms with Gasteiger partial charge < -0.3 is 10.4 Å².